The fraction of sp³-hybridized carbons (Fsp3) is 0.409. The third-order valence-corrected chi connectivity index (χ3v) is 6.67. The summed E-state index contributed by atoms with van der Waals surface area (Å²) in [6.07, 6.45) is 0.769. The Morgan fingerprint density at radius 1 is 1.20 bits per heavy atom. The van der Waals surface area contributed by atoms with E-state index in [4.69, 9.17) is 4.74 Å². The van der Waals surface area contributed by atoms with E-state index < -0.39 is 10.0 Å². The maximum Gasteiger partial charge on any atom is 0.240 e. The zero-order valence-electron chi connectivity index (χ0n) is 17.4. The molecule has 0 aromatic heterocycles. The van der Waals surface area contributed by atoms with Gasteiger partial charge in [0.2, 0.25) is 15.9 Å². The fourth-order valence-electron chi connectivity index (χ4n) is 3.59. The standard InChI is InChI=1S/C22H29N3O4S/c1-17-15-20(24-18(2)26)9-10-22(17)30(27,28)23-11-6-12-25-13-14-29-21(16-25)19-7-4-3-5-8-19/h3-5,7-10,15,21,23H,6,11-14,16H2,1-2H3,(H,24,26)/t21-/m1/s1. The number of ether oxygens (including phenoxy) is 1. The molecule has 0 radical (unpaired) electrons. The summed E-state index contributed by atoms with van der Waals surface area (Å²) in [5.41, 5.74) is 2.34. The molecule has 8 heteroatoms. The fourth-order valence-corrected chi connectivity index (χ4v) is 4.89. The summed E-state index contributed by atoms with van der Waals surface area (Å²) in [4.78, 5) is 13.7. The van der Waals surface area contributed by atoms with Crippen molar-refractivity contribution in [3.8, 4) is 0 Å². The van der Waals surface area contributed by atoms with Gasteiger partial charge in [-0.3, -0.25) is 9.69 Å². The van der Waals surface area contributed by atoms with Gasteiger partial charge < -0.3 is 10.1 Å². The zero-order valence-corrected chi connectivity index (χ0v) is 18.2. The lowest BCUT2D eigenvalue weighted by molar-refractivity contribution is -0.114. The SMILES string of the molecule is CC(=O)Nc1ccc(S(=O)(=O)NCCCN2CCO[C@@H](c3ccccc3)C2)c(C)c1. The molecule has 0 bridgehead atoms. The molecule has 1 aliphatic rings. The Morgan fingerprint density at radius 2 is 1.97 bits per heavy atom. The molecular weight excluding hydrogens is 402 g/mol. The minimum absolute atomic E-state index is 0.0569. The Kier molecular flexibility index (Phi) is 7.60. The Bertz CT molecular complexity index is 964. The van der Waals surface area contributed by atoms with Gasteiger partial charge in [0.25, 0.3) is 0 Å². The largest absolute Gasteiger partial charge is 0.371 e. The molecule has 2 N–H and O–H groups in total. The Hall–Kier alpha value is -2.26. The maximum atomic E-state index is 12.6. The molecule has 2 aromatic rings. The summed E-state index contributed by atoms with van der Waals surface area (Å²) < 4.78 is 33.9. The number of carbonyl (C=O) groups excluding carboxylic acids is 1. The van der Waals surface area contributed by atoms with Crippen molar-refractivity contribution in [1.29, 1.82) is 0 Å². The smallest absolute Gasteiger partial charge is 0.240 e. The van der Waals surface area contributed by atoms with Crippen molar-refractivity contribution in [3.63, 3.8) is 0 Å². The summed E-state index contributed by atoms with van der Waals surface area (Å²) in [5, 5.41) is 2.66. The summed E-state index contributed by atoms with van der Waals surface area (Å²) in [6, 6.07) is 14.9. The molecule has 2 aromatic carbocycles. The van der Waals surface area contributed by atoms with E-state index in [0.29, 0.717) is 30.8 Å². The monoisotopic (exact) mass is 431 g/mol. The van der Waals surface area contributed by atoms with Crippen molar-refractivity contribution in [2.45, 2.75) is 31.3 Å². The maximum absolute atomic E-state index is 12.6. The molecule has 0 spiro atoms. The molecule has 30 heavy (non-hydrogen) atoms. The number of amides is 1. The predicted octanol–water partition coefficient (Wildman–Crippen LogP) is 2.70. The quantitative estimate of drug-likeness (QED) is 0.628. The van der Waals surface area contributed by atoms with Crippen LogP contribution < -0.4 is 10.0 Å². The van der Waals surface area contributed by atoms with E-state index >= 15 is 0 Å². The van der Waals surface area contributed by atoms with Gasteiger partial charge >= 0.3 is 0 Å². The van der Waals surface area contributed by atoms with Gasteiger partial charge in [0, 0.05) is 32.2 Å². The summed E-state index contributed by atoms with van der Waals surface area (Å²) in [6.45, 7) is 6.62. The normalized spacial score (nSPS) is 17.6. The highest BCUT2D eigenvalue weighted by Gasteiger charge is 2.22. The van der Waals surface area contributed by atoms with Crippen molar-refractivity contribution >= 4 is 21.6 Å². The predicted molar refractivity (Wildman–Crippen MR) is 117 cm³/mol. The first kappa shape index (κ1) is 22.4. The number of morpholine rings is 1. The Balaban J connectivity index is 1.49. The molecular formula is C22H29N3O4S. The number of aryl methyl sites for hydroxylation is 1. The molecule has 7 nitrogen and oxygen atoms in total. The molecule has 162 valence electrons. The van der Waals surface area contributed by atoms with E-state index in [1.807, 2.05) is 18.2 Å². The number of nitrogens with one attached hydrogen (secondary N) is 2. The highest BCUT2D eigenvalue weighted by atomic mass is 32.2. The average molecular weight is 432 g/mol. The summed E-state index contributed by atoms with van der Waals surface area (Å²) >= 11 is 0. The number of hydrogen-bond donors (Lipinski definition) is 2. The van der Waals surface area contributed by atoms with Crippen molar-refractivity contribution in [2.24, 2.45) is 0 Å². The van der Waals surface area contributed by atoms with Crippen LogP contribution in [-0.2, 0) is 19.6 Å². The summed E-state index contributed by atoms with van der Waals surface area (Å²) in [5.74, 6) is -0.194. The van der Waals surface area contributed by atoms with Gasteiger partial charge in [-0.25, -0.2) is 13.1 Å². The van der Waals surface area contributed by atoms with Gasteiger partial charge in [-0.05, 0) is 49.2 Å². The van der Waals surface area contributed by atoms with Crippen LogP contribution in [0.4, 0.5) is 5.69 Å². The van der Waals surface area contributed by atoms with E-state index in [2.05, 4.69) is 27.1 Å². The van der Waals surface area contributed by atoms with Crippen LogP contribution in [0.2, 0.25) is 0 Å². The molecule has 1 amide bonds. The van der Waals surface area contributed by atoms with Crippen LogP contribution in [0.5, 0.6) is 0 Å². The Morgan fingerprint density at radius 3 is 2.67 bits per heavy atom. The van der Waals surface area contributed by atoms with Crippen LogP contribution >= 0.6 is 0 Å². The lowest BCUT2D eigenvalue weighted by atomic mass is 10.1. The van der Waals surface area contributed by atoms with E-state index in [1.165, 1.54) is 18.6 Å². The molecule has 1 heterocycles. The molecule has 1 saturated heterocycles. The first-order chi connectivity index (χ1) is 14.3. The number of rotatable bonds is 8. The second-order valence-corrected chi connectivity index (χ2v) is 9.22. The van der Waals surface area contributed by atoms with Crippen molar-refractivity contribution < 1.29 is 17.9 Å². The van der Waals surface area contributed by atoms with Crippen molar-refractivity contribution in [2.75, 3.05) is 38.1 Å². The lowest BCUT2D eigenvalue weighted by Crippen LogP contribution is -2.39. The zero-order chi connectivity index (χ0) is 21.6. The number of hydrogen-bond acceptors (Lipinski definition) is 5. The lowest BCUT2D eigenvalue weighted by Gasteiger charge is -2.33. The number of sulfonamides is 1. The van der Waals surface area contributed by atoms with Crippen LogP contribution in [0.25, 0.3) is 0 Å². The second-order valence-electron chi connectivity index (χ2n) is 7.48. The highest BCUT2D eigenvalue weighted by molar-refractivity contribution is 7.89. The van der Waals surface area contributed by atoms with E-state index in [0.717, 1.165) is 19.6 Å². The van der Waals surface area contributed by atoms with Crippen LogP contribution in [-0.4, -0.2) is 52.0 Å². The third-order valence-electron chi connectivity index (χ3n) is 5.05. The van der Waals surface area contributed by atoms with E-state index in [-0.39, 0.29) is 16.9 Å². The molecule has 0 saturated carbocycles. The molecule has 3 rings (SSSR count). The third kappa shape index (κ3) is 6.12. The van der Waals surface area contributed by atoms with E-state index in [9.17, 15) is 13.2 Å². The van der Waals surface area contributed by atoms with Crippen LogP contribution in [0.15, 0.2) is 53.4 Å². The van der Waals surface area contributed by atoms with E-state index in [1.54, 1.807) is 19.1 Å². The molecule has 1 aliphatic heterocycles. The van der Waals surface area contributed by atoms with Gasteiger partial charge in [0.1, 0.15) is 0 Å². The number of carbonyl (C=O) groups is 1. The van der Waals surface area contributed by atoms with Gasteiger partial charge in [0.15, 0.2) is 0 Å². The number of anilines is 1. The summed E-state index contributed by atoms with van der Waals surface area (Å²) in [7, 11) is -3.60. The molecule has 0 aliphatic carbocycles. The minimum Gasteiger partial charge on any atom is -0.371 e. The van der Waals surface area contributed by atoms with Crippen molar-refractivity contribution in [1.82, 2.24) is 9.62 Å². The minimum atomic E-state index is -3.60. The van der Waals surface area contributed by atoms with Gasteiger partial charge in [-0.15, -0.1) is 0 Å². The van der Waals surface area contributed by atoms with Gasteiger partial charge in [-0.2, -0.15) is 0 Å². The molecule has 0 unspecified atom stereocenters. The Labute approximate surface area is 178 Å². The van der Waals surface area contributed by atoms with Crippen LogP contribution in [0, 0.1) is 6.92 Å². The molecule has 1 atom stereocenters. The first-order valence-electron chi connectivity index (χ1n) is 10.1. The molecule has 1 fully saturated rings. The first-order valence-corrected chi connectivity index (χ1v) is 11.6. The van der Waals surface area contributed by atoms with Gasteiger partial charge in [0.05, 0.1) is 17.6 Å². The van der Waals surface area contributed by atoms with Crippen LogP contribution in [0.3, 0.4) is 0 Å². The topological polar surface area (TPSA) is 87.7 Å². The van der Waals surface area contributed by atoms with Gasteiger partial charge in [-0.1, -0.05) is 30.3 Å². The number of benzene rings is 2. The average Bonchev–Trinajstić information content (AvgIpc) is 2.71. The second kappa shape index (κ2) is 10.2. The number of nitrogens with zero attached hydrogens (tertiary/aromatic N) is 1. The van der Waals surface area contributed by atoms with Crippen molar-refractivity contribution in [3.05, 3.63) is 59.7 Å². The van der Waals surface area contributed by atoms with Crippen LogP contribution in [0.1, 0.15) is 30.6 Å². The highest BCUT2D eigenvalue weighted by Crippen LogP contribution is 2.22.